The van der Waals surface area contributed by atoms with Crippen molar-refractivity contribution in [2.75, 3.05) is 13.7 Å². The van der Waals surface area contributed by atoms with Crippen LogP contribution in [-0.2, 0) is 0 Å². The molecule has 0 heterocycles. The fourth-order valence-electron chi connectivity index (χ4n) is 2.76. The summed E-state index contributed by atoms with van der Waals surface area (Å²) in [6, 6.07) is 0. The zero-order valence-electron chi connectivity index (χ0n) is 10.8. The van der Waals surface area contributed by atoms with Crippen LogP contribution in [0.4, 0.5) is 0 Å². The number of rotatable bonds is 2. The highest BCUT2D eigenvalue weighted by atomic mass is 16.3. The second kappa shape index (κ2) is 4.84. The molecule has 0 spiro atoms. The molecule has 2 heteroatoms. The molecule has 0 aromatic carbocycles. The highest BCUT2D eigenvalue weighted by molar-refractivity contribution is 4.91. The van der Waals surface area contributed by atoms with Crippen molar-refractivity contribution in [1.82, 2.24) is 5.32 Å². The van der Waals surface area contributed by atoms with Gasteiger partial charge < -0.3 is 10.4 Å². The van der Waals surface area contributed by atoms with Crippen LogP contribution in [0.5, 0.6) is 0 Å². The first-order valence-corrected chi connectivity index (χ1v) is 6.23. The molecule has 0 aliphatic heterocycles. The van der Waals surface area contributed by atoms with E-state index in [1.54, 1.807) is 0 Å². The summed E-state index contributed by atoms with van der Waals surface area (Å²) in [6.45, 7) is 7.29. The molecular weight excluding hydrogens is 186 g/mol. The lowest BCUT2D eigenvalue weighted by atomic mass is 9.76. The molecule has 0 aromatic heterocycles. The standard InChI is InChI=1S/C13H27NO/c1-12(2,3)11-6-5-8-13(10-15,14-4)9-7-11/h11,14-15H,5-10H2,1-4H3. The monoisotopic (exact) mass is 213 g/mol. The predicted molar refractivity (Wildman–Crippen MR) is 64.9 cm³/mol. The van der Waals surface area contributed by atoms with Gasteiger partial charge in [0.25, 0.3) is 0 Å². The Labute approximate surface area is 94.5 Å². The zero-order chi connectivity index (χ0) is 11.5. The van der Waals surface area contributed by atoms with Crippen molar-refractivity contribution in [3.63, 3.8) is 0 Å². The highest BCUT2D eigenvalue weighted by Gasteiger charge is 2.34. The summed E-state index contributed by atoms with van der Waals surface area (Å²) in [5.41, 5.74) is 0.416. The predicted octanol–water partition coefficient (Wildman–Crippen LogP) is 2.56. The zero-order valence-corrected chi connectivity index (χ0v) is 10.8. The van der Waals surface area contributed by atoms with Crippen molar-refractivity contribution >= 4 is 0 Å². The summed E-state index contributed by atoms with van der Waals surface area (Å²) in [7, 11) is 1.98. The lowest BCUT2D eigenvalue weighted by Crippen LogP contribution is -2.46. The third-order valence-corrected chi connectivity index (χ3v) is 4.24. The van der Waals surface area contributed by atoms with E-state index < -0.39 is 0 Å². The molecule has 1 aliphatic carbocycles. The van der Waals surface area contributed by atoms with Gasteiger partial charge in [0, 0.05) is 5.54 Å². The van der Waals surface area contributed by atoms with Crippen LogP contribution in [0.3, 0.4) is 0 Å². The Bertz CT molecular complexity index is 191. The summed E-state index contributed by atoms with van der Waals surface area (Å²) < 4.78 is 0. The van der Waals surface area contributed by atoms with Crippen LogP contribution >= 0.6 is 0 Å². The van der Waals surface area contributed by atoms with E-state index in [1.165, 1.54) is 19.3 Å². The van der Waals surface area contributed by atoms with Gasteiger partial charge in [-0.05, 0) is 44.1 Å². The minimum atomic E-state index is 0.000000000000000444. The lowest BCUT2D eigenvalue weighted by Gasteiger charge is -2.32. The normalized spacial score (nSPS) is 33.8. The van der Waals surface area contributed by atoms with Gasteiger partial charge in [-0.1, -0.05) is 27.2 Å². The first-order valence-electron chi connectivity index (χ1n) is 6.23. The summed E-state index contributed by atoms with van der Waals surface area (Å²) >= 11 is 0. The van der Waals surface area contributed by atoms with Gasteiger partial charge in [0.1, 0.15) is 0 Å². The van der Waals surface area contributed by atoms with Crippen molar-refractivity contribution in [1.29, 1.82) is 0 Å². The molecule has 2 atom stereocenters. The van der Waals surface area contributed by atoms with Gasteiger partial charge in [-0.25, -0.2) is 0 Å². The molecule has 0 saturated heterocycles. The molecule has 15 heavy (non-hydrogen) atoms. The van der Waals surface area contributed by atoms with Crippen LogP contribution in [-0.4, -0.2) is 24.3 Å². The number of likely N-dealkylation sites (N-methyl/N-ethyl adjacent to an activating group) is 1. The molecule has 1 aliphatic rings. The molecule has 1 saturated carbocycles. The minimum Gasteiger partial charge on any atom is -0.394 e. The van der Waals surface area contributed by atoms with Crippen LogP contribution < -0.4 is 5.32 Å². The Kier molecular flexibility index (Phi) is 4.19. The van der Waals surface area contributed by atoms with Gasteiger partial charge in [-0.3, -0.25) is 0 Å². The molecule has 2 nitrogen and oxygen atoms in total. The largest absolute Gasteiger partial charge is 0.394 e. The van der Waals surface area contributed by atoms with Crippen LogP contribution in [0.25, 0.3) is 0 Å². The van der Waals surface area contributed by atoms with E-state index in [9.17, 15) is 5.11 Å². The van der Waals surface area contributed by atoms with Crippen molar-refractivity contribution < 1.29 is 5.11 Å². The van der Waals surface area contributed by atoms with Crippen LogP contribution in [0, 0.1) is 11.3 Å². The third-order valence-electron chi connectivity index (χ3n) is 4.24. The molecule has 2 N–H and O–H groups in total. The van der Waals surface area contributed by atoms with Crippen LogP contribution in [0.2, 0.25) is 0 Å². The van der Waals surface area contributed by atoms with Crippen molar-refractivity contribution in [2.24, 2.45) is 11.3 Å². The van der Waals surface area contributed by atoms with Gasteiger partial charge in [-0.2, -0.15) is 0 Å². The fraction of sp³-hybridized carbons (Fsp3) is 1.00. The summed E-state index contributed by atoms with van der Waals surface area (Å²) in [4.78, 5) is 0. The molecule has 0 aromatic rings. The van der Waals surface area contributed by atoms with Crippen LogP contribution in [0.1, 0.15) is 52.9 Å². The van der Waals surface area contributed by atoms with Crippen molar-refractivity contribution in [3.05, 3.63) is 0 Å². The molecule has 0 bridgehead atoms. The van der Waals surface area contributed by atoms with Crippen LogP contribution in [0.15, 0.2) is 0 Å². The molecule has 1 rings (SSSR count). The SMILES string of the molecule is CNC1(CO)CCCC(C(C)(C)C)CC1. The van der Waals surface area contributed by atoms with E-state index in [0.29, 0.717) is 5.41 Å². The summed E-state index contributed by atoms with van der Waals surface area (Å²) in [5.74, 6) is 0.805. The third kappa shape index (κ3) is 3.18. The van der Waals surface area contributed by atoms with Gasteiger partial charge >= 0.3 is 0 Å². The Hall–Kier alpha value is -0.0800. The first-order chi connectivity index (χ1) is 6.93. The number of hydrogen-bond donors (Lipinski definition) is 2. The number of hydrogen-bond acceptors (Lipinski definition) is 2. The summed E-state index contributed by atoms with van der Waals surface area (Å²) in [5, 5.41) is 12.8. The average Bonchev–Trinajstić information content (AvgIpc) is 2.39. The molecular formula is C13H27NO. The number of nitrogens with one attached hydrogen (secondary N) is 1. The van der Waals surface area contributed by atoms with Crippen molar-refractivity contribution in [3.8, 4) is 0 Å². The molecule has 2 unspecified atom stereocenters. The second-order valence-corrected chi connectivity index (χ2v) is 6.18. The van der Waals surface area contributed by atoms with E-state index in [4.69, 9.17) is 0 Å². The van der Waals surface area contributed by atoms with E-state index >= 15 is 0 Å². The topological polar surface area (TPSA) is 32.3 Å². The summed E-state index contributed by atoms with van der Waals surface area (Å²) in [6.07, 6.45) is 6.02. The van der Waals surface area contributed by atoms with Crippen molar-refractivity contribution in [2.45, 2.75) is 58.4 Å². The lowest BCUT2D eigenvalue weighted by molar-refractivity contribution is 0.145. The molecule has 0 radical (unpaired) electrons. The maximum Gasteiger partial charge on any atom is 0.0613 e. The van der Waals surface area contributed by atoms with Gasteiger partial charge in [0.2, 0.25) is 0 Å². The minimum absolute atomic E-state index is 0.000000000000000444. The van der Waals surface area contributed by atoms with E-state index in [1.807, 2.05) is 7.05 Å². The highest BCUT2D eigenvalue weighted by Crippen LogP contribution is 2.39. The van der Waals surface area contributed by atoms with E-state index in [0.717, 1.165) is 18.8 Å². The Morgan fingerprint density at radius 2 is 1.93 bits per heavy atom. The second-order valence-electron chi connectivity index (χ2n) is 6.18. The maximum atomic E-state index is 9.49. The number of aliphatic hydroxyl groups is 1. The molecule has 1 fully saturated rings. The fourth-order valence-corrected chi connectivity index (χ4v) is 2.76. The number of aliphatic hydroxyl groups excluding tert-OH is 1. The Morgan fingerprint density at radius 3 is 2.40 bits per heavy atom. The maximum absolute atomic E-state index is 9.49. The molecule has 0 amide bonds. The van der Waals surface area contributed by atoms with Gasteiger partial charge in [0.05, 0.1) is 6.61 Å². The van der Waals surface area contributed by atoms with E-state index in [2.05, 4.69) is 26.1 Å². The first kappa shape index (κ1) is 13.0. The smallest absolute Gasteiger partial charge is 0.0613 e. The van der Waals surface area contributed by atoms with Gasteiger partial charge in [-0.15, -0.1) is 0 Å². The van der Waals surface area contributed by atoms with E-state index in [-0.39, 0.29) is 12.1 Å². The van der Waals surface area contributed by atoms with Gasteiger partial charge in [0.15, 0.2) is 0 Å². The quantitative estimate of drug-likeness (QED) is 0.691. The average molecular weight is 213 g/mol. The Balaban J connectivity index is 2.63. The Morgan fingerprint density at radius 1 is 1.27 bits per heavy atom. The molecule has 90 valence electrons.